The molecule has 1 N–H and O–H groups in total. The number of benzene rings is 1. The van der Waals surface area contributed by atoms with Gasteiger partial charge in [-0.2, -0.15) is 0 Å². The van der Waals surface area contributed by atoms with Crippen molar-refractivity contribution in [2.75, 3.05) is 23.6 Å². The van der Waals surface area contributed by atoms with Crippen molar-refractivity contribution in [2.45, 2.75) is 33.7 Å². The van der Waals surface area contributed by atoms with Crippen molar-refractivity contribution in [1.82, 2.24) is 4.90 Å². The number of nitrogens with one attached hydrogen (secondary N) is 1. The molecule has 0 aliphatic rings. The molecular formula is C14H24N2O2S. The van der Waals surface area contributed by atoms with E-state index in [1.54, 1.807) is 0 Å². The van der Waals surface area contributed by atoms with Crippen molar-refractivity contribution >= 4 is 15.7 Å². The number of hydrogen-bond donors (Lipinski definition) is 1. The summed E-state index contributed by atoms with van der Waals surface area (Å²) in [5.41, 5.74) is 1.72. The predicted octanol–water partition coefficient (Wildman–Crippen LogP) is 2.68. The minimum Gasteiger partial charge on any atom is -0.300 e. The third kappa shape index (κ3) is 5.20. The number of nitrogens with zero attached hydrogens (tertiary/aromatic N) is 1. The minimum absolute atomic E-state index is 0.159. The largest absolute Gasteiger partial charge is 0.300 e. The van der Waals surface area contributed by atoms with Gasteiger partial charge in [0, 0.05) is 6.54 Å². The maximum Gasteiger partial charge on any atom is 0.232 e. The fourth-order valence-corrected chi connectivity index (χ4v) is 3.11. The van der Waals surface area contributed by atoms with Gasteiger partial charge in [0.05, 0.1) is 11.4 Å². The van der Waals surface area contributed by atoms with E-state index in [-0.39, 0.29) is 5.75 Å². The smallest absolute Gasteiger partial charge is 0.232 e. The number of rotatable bonds is 8. The van der Waals surface area contributed by atoms with Gasteiger partial charge in [-0.05, 0) is 31.1 Å². The lowest BCUT2D eigenvalue weighted by Gasteiger charge is -2.20. The van der Waals surface area contributed by atoms with Crippen LogP contribution in [0.5, 0.6) is 0 Å². The van der Waals surface area contributed by atoms with Gasteiger partial charge in [-0.25, -0.2) is 8.42 Å². The van der Waals surface area contributed by atoms with Crippen molar-refractivity contribution < 1.29 is 8.42 Å². The third-order valence-electron chi connectivity index (χ3n) is 3.04. The topological polar surface area (TPSA) is 49.4 Å². The average molecular weight is 284 g/mol. The first-order chi connectivity index (χ1) is 9.02. The molecule has 1 aromatic rings. The van der Waals surface area contributed by atoms with E-state index in [9.17, 15) is 8.42 Å². The van der Waals surface area contributed by atoms with Gasteiger partial charge in [0.15, 0.2) is 0 Å². The van der Waals surface area contributed by atoms with Crippen molar-refractivity contribution in [1.29, 1.82) is 0 Å². The Labute approximate surface area is 116 Å². The Hall–Kier alpha value is -1.07. The molecule has 0 bridgehead atoms. The molecule has 0 amide bonds. The summed E-state index contributed by atoms with van der Waals surface area (Å²) in [6.07, 6.45) is 0.619. The Morgan fingerprint density at radius 2 is 1.74 bits per heavy atom. The van der Waals surface area contributed by atoms with Gasteiger partial charge in [-0.15, -0.1) is 0 Å². The van der Waals surface area contributed by atoms with Gasteiger partial charge in [0.1, 0.15) is 0 Å². The normalized spacial score (nSPS) is 11.8. The van der Waals surface area contributed by atoms with Gasteiger partial charge >= 0.3 is 0 Å². The lowest BCUT2D eigenvalue weighted by molar-refractivity contribution is 0.296. The van der Waals surface area contributed by atoms with Crippen LogP contribution in [0.3, 0.4) is 0 Å². The van der Waals surface area contributed by atoms with E-state index in [2.05, 4.69) is 23.5 Å². The van der Waals surface area contributed by atoms with Crippen LogP contribution in [-0.2, 0) is 16.6 Å². The summed E-state index contributed by atoms with van der Waals surface area (Å²) in [6.45, 7) is 8.73. The molecule has 1 rings (SSSR count). The first-order valence-electron chi connectivity index (χ1n) is 6.83. The molecule has 5 heteroatoms. The number of para-hydroxylation sites is 1. The molecule has 19 heavy (non-hydrogen) atoms. The van der Waals surface area contributed by atoms with Crippen LogP contribution in [0.25, 0.3) is 0 Å². The Morgan fingerprint density at radius 1 is 1.11 bits per heavy atom. The Balaban J connectivity index is 2.90. The average Bonchev–Trinajstić information content (AvgIpc) is 2.37. The number of sulfonamides is 1. The lowest BCUT2D eigenvalue weighted by atomic mass is 10.1. The maximum absolute atomic E-state index is 11.9. The SMILES string of the molecule is CCCS(=O)(=O)Nc1ccccc1CN(CC)CC. The fraction of sp³-hybridized carbons (Fsp3) is 0.571. The van der Waals surface area contributed by atoms with E-state index in [4.69, 9.17) is 0 Å². The fourth-order valence-electron chi connectivity index (χ4n) is 1.93. The predicted molar refractivity (Wildman–Crippen MR) is 80.8 cm³/mol. The summed E-state index contributed by atoms with van der Waals surface area (Å²) in [7, 11) is -3.22. The van der Waals surface area contributed by atoms with Crippen molar-refractivity contribution in [3.63, 3.8) is 0 Å². The summed E-state index contributed by atoms with van der Waals surface area (Å²) in [5.74, 6) is 0.159. The van der Waals surface area contributed by atoms with Gasteiger partial charge in [-0.3, -0.25) is 9.62 Å². The summed E-state index contributed by atoms with van der Waals surface area (Å²) in [5, 5.41) is 0. The van der Waals surface area contributed by atoms with Crippen LogP contribution in [0.2, 0.25) is 0 Å². The molecular weight excluding hydrogens is 260 g/mol. The van der Waals surface area contributed by atoms with E-state index >= 15 is 0 Å². The molecule has 0 radical (unpaired) electrons. The van der Waals surface area contributed by atoms with Gasteiger partial charge < -0.3 is 0 Å². The third-order valence-corrected chi connectivity index (χ3v) is 4.52. The molecule has 0 spiro atoms. The highest BCUT2D eigenvalue weighted by atomic mass is 32.2. The Bertz CT molecular complexity index is 482. The van der Waals surface area contributed by atoms with Crippen LogP contribution in [0.1, 0.15) is 32.8 Å². The highest BCUT2D eigenvalue weighted by molar-refractivity contribution is 7.92. The van der Waals surface area contributed by atoms with Crippen LogP contribution in [-0.4, -0.2) is 32.2 Å². The maximum atomic E-state index is 11.9. The van der Waals surface area contributed by atoms with Crippen molar-refractivity contribution in [3.8, 4) is 0 Å². The highest BCUT2D eigenvalue weighted by Crippen LogP contribution is 2.18. The van der Waals surface area contributed by atoms with E-state index < -0.39 is 10.0 Å². The van der Waals surface area contributed by atoms with Crippen LogP contribution >= 0.6 is 0 Å². The quantitative estimate of drug-likeness (QED) is 0.798. The Kier molecular flexibility index (Phi) is 6.31. The van der Waals surface area contributed by atoms with Gasteiger partial charge in [-0.1, -0.05) is 39.0 Å². The number of hydrogen-bond acceptors (Lipinski definition) is 3. The molecule has 0 aromatic heterocycles. The van der Waals surface area contributed by atoms with Crippen LogP contribution in [0.15, 0.2) is 24.3 Å². The summed E-state index contributed by atoms with van der Waals surface area (Å²) >= 11 is 0. The zero-order valence-electron chi connectivity index (χ0n) is 12.0. The molecule has 0 saturated carbocycles. The minimum atomic E-state index is -3.22. The molecule has 1 aromatic carbocycles. The molecule has 0 fully saturated rings. The second-order valence-electron chi connectivity index (χ2n) is 4.54. The van der Waals surface area contributed by atoms with E-state index in [1.807, 2.05) is 31.2 Å². The number of anilines is 1. The molecule has 0 aliphatic heterocycles. The van der Waals surface area contributed by atoms with Gasteiger partial charge in [0.2, 0.25) is 10.0 Å². The highest BCUT2D eigenvalue weighted by Gasteiger charge is 2.12. The second kappa shape index (κ2) is 7.50. The molecule has 0 aliphatic carbocycles. The first-order valence-corrected chi connectivity index (χ1v) is 8.48. The molecule has 0 unspecified atom stereocenters. The van der Waals surface area contributed by atoms with E-state index in [1.165, 1.54) is 0 Å². The second-order valence-corrected chi connectivity index (χ2v) is 6.38. The summed E-state index contributed by atoms with van der Waals surface area (Å²) in [6, 6.07) is 7.60. The van der Waals surface area contributed by atoms with E-state index in [0.29, 0.717) is 12.1 Å². The van der Waals surface area contributed by atoms with Gasteiger partial charge in [0.25, 0.3) is 0 Å². The Morgan fingerprint density at radius 3 is 2.32 bits per heavy atom. The molecule has 0 saturated heterocycles. The monoisotopic (exact) mass is 284 g/mol. The lowest BCUT2D eigenvalue weighted by Crippen LogP contribution is -2.24. The molecule has 108 valence electrons. The van der Waals surface area contributed by atoms with Crippen LogP contribution < -0.4 is 4.72 Å². The molecule has 4 nitrogen and oxygen atoms in total. The summed E-state index contributed by atoms with van der Waals surface area (Å²) < 4.78 is 26.4. The van der Waals surface area contributed by atoms with Crippen LogP contribution in [0, 0.1) is 0 Å². The molecule has 0 atom stereocenters. The van der Waals surface area contributed by atoms with Crippen molar-refractivity contribution in [2.24, 2.45) is 0 Å². The standard InChI is InChI=1S/C14H24N2O2S/c1-4-11-19(17,18)15-14-10-8-7-9-13(14)12-16(5-2)6-3/h7-10,15H,4-6,11-12H2,1-3H3. The zero-order valence-corrected chi connectivity index (χ0v) is 12.8. The van der Waals surface area contributed by atoms with Crippen LogP contribution in [0.4, 0.5) is 5.69 Å². The van der Waals surface area contributed by atoms with E-state index in [0.717, 1.165) is 25.2 Å². The van der Waals surface area contributed by atoms with Crippen molar-refractivity contribution in [3.05, 3.63) is 29.8 Å². The summed E-state index contributed by atoms with van der Waals surface area (Å²) in [4.78, 5) is 2.26. The zero-order chi connectivity index (χ0) is 14.3. The first kappa shape index (κ1) is 16.0. The molecule has 0 heterocycles.